The molecular weight excluding hydrogens is 697 g/mol. The van der Waals surface area contributed by atoms with Crippen LogP contribution in [0.2, 0.25) is 0 Å². The molecule has 0 spiro atoms. The highest BCUT2D eigenvalue weighted by Gasteiger charge is 2.19. The minimum atomic E-state index is -0.760. The molecule has 0 saturated heterocycles. The van der Waals surface area contributed by atoms with E-state index < -0.39 is 6.10 Å². The third kappa shape index (κ3) is 43.5. The van der Waals surface area contributed by atoms with Crippen molar-refractivity contribution in [2.75, 3.05) is 13.2 Å². The number of esters is 3. The molecule has 56 heavy (non-hydrogen) atoms. The number of hydrogen-bond donors (Lipinski definition) is 0. The lowest BCUT2D eigenvalue weighted by atomic mass is 10.0. The van der Waals surface area contributed by atoms with Crippen molar-refractivity contribution in [3.05, 3.63) is 0 Å². The molecule has 332 valence electrons. The van der Waals surface area contributed by atoms with Crippen LogP contribution in [0.15, 0.2) is 0 Å². The molecule has 0 heterocycles. The van der Waals surface area contributed by atoms with Gasteiger partial charge >= 0.3 is 17.9 Å². The number of hydrogen-bond acceptors (Lipinski definition) is 6. The van der Waals surface area contributed by atoms with Crippen molar-refractivity contribution in [3.8, 4) is 0 Å². The zero-order valence-electron chi connectivity index (χ0n) is 38.1. The van der Waals surface area contributed by atoms with E-state index >= 15 is 0 Å². The third-order valence-electron chi connectivity index (χ3n) is 11.3. The summed E-state index contributed by atoms with van der Waals surface area (Å²) in [6, 6.07) is 0. The molecule has 0 bridgehead atoms. The van der Waals surface area contributed by atoms with Gasteiger partial charge in [0.1, 0.15) is 13.2 Å². The molecule has 0 fully saturated rings. The summed E-state index contributed by atoms with van der Waals surface area (Å²) in [6.45, 7) is 8.95. The van der Waals surface area contributed by atoms with E-state index in [0.717, 1.165) is 63.7 Å². The van der Waals surface area contributed by atoms with Gasteiger partial charge in [0.05, 0.1) is 0 Å². The SMILES string of the molecule is CCCCCCCCCCCCCCCCCC(=O)O[C@@H](COC(=O)CCCCCCCCCCCCCCCC)COC(=O)CCCCCCCCC(C)C. The highest BCUT2D eigenvalue weighted by atomic mass is 16.6. The highest BCUT2D eigenvalue weighted by Crippen LogP contribution is 2.17. The van der Waals surface area contributed by atoms with Crippen molar-refractivity contribution >= 4 is 17.9 Å². The zero-order valence-corrected chi connectivity index (χ0v) is 38.1. The number of rotatable bonds is 45. The van der Waals surface area contributed by atoms with Crippen LogP contribution in [0, 0.1) is 5.92 Å². The highest BCUT2D eigenvalue weighted by molar-refractivity contribution is 5.71. The topological polar surface area (TPSA) is 78.9 Å². The second-order valence-corrected chi connectivity index (χ2v) is 17.6. The van der Waals surface area contributed by atoms with E-state index in [2.05, 4.69) is 27.7 Å². The molecule has 0 aliphatic heterocycles. The number of unbranched alkanes of at least 4 members (excludes halogenated alkanes) is 32. The van der Waals surface area contributed by atoms with Gasteiger partial charge in [-0.15, -0.1) is 0 Å². The molecule has 0 radical (unpaired) electrons. The maximum atomic E-state index is 12.7. The van der Waals surface area contributed by atoms with E-state index in [0.29, 0.717) is 19.3 Å². The van der Waals surface area contributed by atoms with Crippen LogP contribution in [0.4, 0.5) is 0 Å². The van der Waals surface area contributed by atoms with Crippen LogP contribution in [-0.4, -0.2) is 37.2 Å². The molecule has 1 atom stereocenters. The predicted octanol–water partition coefficient (Wildman–Crippen LogP) is 15.9. The van der Waals surface area contributed by atoms with Gasteiger partial charge in [0.15, 0.2) is 6.10 Å². The quantitative estimate of drug-likeness (QED) is 0.0347. The molecule has 0 aromatic heterocycles. The summed E-state index contributed by atoms with van der Waals surface area (Å²) >= 11 is 0. The Labute approximate surface area is 348 Å². The maximum Gasteiger partial charge on any atom is 0.306 e. The first kappa shape index (κ1) is 54.4. The molecule has 0 unspecified atom stereocenters. The Morgan fingerprint density at radius 2 is 0.589 bits per heavy atom. The van der Waals surface area contributed by atoms with Crippen LogP contribution in [0.1, 0.15) is 278 Å². The third-order valence-corrected chi connectivity index (χ3v) is 11.3. The van der Waals surface area contributed by atoms with Crippen LogP contribution in [0.25, 0.3) is 0 Å². The minimum absolute atomic E-state index is 0.0638. The summed E-state index contributed by atoms with van der Waals surface area (Å²) in [5, 5.41) is 0. The molecule has 0 aliphatic carbocycles. The Balaban J connectivity index is 4.28. The van der Waals surface area contributed by atoms with Gasteiger partial charge in [0.2, 0.25) is 0 Å². The van der Waals surface area contributed by atoms with Crippen molar-refractivity contribution in [3.63, 3.8) is 0 Å². The Morgan fingerprint density at radius 1 is 0.339 bits per heavy atom. The Hall–Kier alpha value is -1.59. The predicted molar refractivity (Wildman–Crippen MR) is 238 cm³/mol. The van der Waals surface area contributed by atoms with Crippen molar-refractivity contribution in [2.45, 2.75) is 284 Å². The van der Waals surface area contributed by atoms with Gasteiger partial charge < -0.3 is 14.2 Å². The zero-order chi connectivity index (χ0) is 41.0. The number of carbonyl (C=O) groups excluding carboxylic acids is 3. The Bertz CT molecular complexity index is 841. The first-order valence-corrected chi connectivity index (χ1v) is 24.9. The lowest BCUT2D eigenvalue weighted by molar-refractivity contribution is -0.167. The molecule has 0 saturated carbocycles. The second kappa shape index (κ2) is 44.5. The van der Waals surface area contributed by atoms with Crippen LogP contribution in [0.3, 0.4) is 0 Å². The summed E-state index contributed by atoms with van der Waals surface area (Å²) in [4.78, 5) is 37.8. The maximum absolute atomic E-state index is 12.7. The van der Waals surface area contributed by atoms with Crippen LogP contribution in [-0.2, 0) is 28.6 Å². The average molecular weight is 793 g/mol. The summed E-state index contributed by atoms with van der Waals surface area (Å²) in [7, 11) is 0. The number of ether oxygens (including phenoxy) is 3. The van der Waals surface area contributed by atoms with Gasteiger partial charge in [-0.1, -0.05) is 240 Å². The summed E-state index contributed by atoms with van der Waals surface area (Å²) in [5.41, 5.74) is 0. The molecule has 6 heteroatoms. The van der Waals surface area contributed by atoms with Gasteiger partial charge in [0.25, 0.3) is 0 Å². The van der Waals surface area contributed by atoms with Crippen molar-refractivity contribution in [1.82, 2.24) is 0 Å². The van der Waals surface area contributed by atoms with Gasteiger partial charge in [-0.3, -0.25) is 14.4 Å². The fourth-order valence-corrected chi connectivity index (χ4v) is 7.51. The van der Waals surface area contributed by atoms with Crippen LogP contribution >= 0.6 is 0 Å². The van der Waals surface area contributed by atoms with Crippen LogP contribution in [0.5, 0.6) is 0 Å². The van der Waals surface area contributed by atoms with Gasteiger partial charge in [-0.25, -0.2) is 0 Å². The van der Waals surface area contributed by atoms with Gasteiger partial charge in [0, 0.05) is 19.3 Å². The van der Waals surface area contributed by atoms with E-state index in [1.807, 2.05) is 0 Å². The van der Waals surface area contributed by atoms with Gasteiger partial charge in [-0.05, 0) is 25.2 Å². The minimum Gasteiger partial charge on any atom is -0.462 e. The Morgan fingerprint density at radius 3 is 0.875 bits per heavy atom. The first-order chi connectivity index (χ1) is 27.4. The van der Waals surface area contributed by atoms with Crippen molar-refractivity contribution < 1.29 is 28.6 Å². The Kier molecular flexibility index (Phi) is 43.2. The van der Waals surface area contributed by atoms with E-state index in [4.69, 9.17) is 14.2 Å². The van der Waals surface area contributed by atoms with E-state index in [1.165, 1.54) is 173 Å². The van der Waals surface area contributed by atoms with Crippen LogP contribution < -0.4 is 0 Å². The number of carbonyl (C=O) groups is 3. The van der Waals surface area contributed by atoms with E-state index in [9.17, 15) is 14.4 Å². The molecule has 0 aliphatic rings. The second-order valence-electron chi connectivity index (χ2n) is 17.6. The van der Waals surface area contributed by atoms with E-state index in [-0.39, 0.29) is 31.1 Å². The van der Waals surface area contributed by atoms with Gasteiger partial charge in [-0.2, -0.15) is 0 Å². The standard InChI is InChI=1S/C50H96O6/c1-5-7-9-11-13-15-17-19-21-23-25-27-29-35-39-43-50(53)56-47(45-55-49(52)42-38-34-31-30-32-36-40-46(3)4)44-54-48(51)41-37-33-28-26-24-22-20-18-16-14-12-10-8-6-2/h46-47H,5-45H2,1-4H3/t47-/m0/s1. The lowest BCUT2D eigenvalue weighted by Gasteiger charge is -2.18. The molecule has 0 aromatic rings. The lowest BCUT2D eigenvalue weighted by Crippen LogP contribution is -2.30. The first-order valence-electron chi connectivity index (χ1n) is 24.9. The summed E-state index contributed by atoms with van der Waals surface area (Å²) < 4.78 is 16.8. The molecular formula is C50H96O6. The smallest absolute Gasteiger partial charge is 0.306 e. The largest absolute Gasteiger partial charge is 0.462 e. The fraction of sp³-hybridized carbons (Fsp3) is 0.940. The summed E-state index contributed by atoms with van der Waals surface area (Å²) in [6.07, 6.45) is 45.3. The van der Waals surface area contributed by atoms with Crippen molar-refractivity contribution in [2.24, 2.45) is 5.92 Å². The fourth-order valence-electron chi connectivity index (χ4n) is 7.51. The molecule has 0 rings (SSSR count). The summed E-state index contributed by atoms with van der Waals surface area (Å²) in [5.74, 6) is -0.0883. The molecule has 0 amide bonds. The molecule has 6 nitrogen and oxygen atoms in total. The van der Waals surface area contributed by atoms with Crippen molar-refractivity contribution in [1.29, 1.82) is 0 Å². The monoisotopic (exact) mass is 793 g/mol. The normalized spacial score (nSPS) is 11.9. The van der Waals surface area contributed by atoms with E-state index in [1.54, 1.807) is 0 Å². The average Bonchev–Trinajstić information content (AvgIpc) is 3.18. The molecule has 0 N–H and O–H groups in total. The molecule has 0 aromatic carbocycles.